The molecule has 0 saturated carbocycles. The van der Waals surface area contributed by atoms with Gasteiger partial charge in [-0.25, -0.2) is 4.79 Å². The number of fused-ring (bicyclic) bond motifs is 1. The first-order valence-corrected chi connectivity index (χ1v) is 8.94. The number of nitrogens with zero attached hydrogens (tertiary/aromatic N) is 3. The highest BCUT2D eigenvalue weighted by atomic mass is 35.5. The van der Waals surface area contributed by atoms with Crippen LogP contribution < -0.4 is 14.8 Å². The largest absolute Gasteiger partial charge is 0.490 e. The molecule has 0 saturated heterocycles. The quantitative estimate of drug-likeness (QED) is 0.754. The van der Waals surface area contributed by atoms with Crippen LogP contribution in [0.15, 0.2) is 24.0 Å². The number of methoxy groups -OCH3 is 1. The number of aromatic nitrogens is 3. The van der Waals surface area contributed by atoms with Gasteiger partial charge in [0.15, 0.2) is 11.5 Å². The number of hydrogen-bond donors (Lipinski definition) is 1. The minimum Gasteiger partial charge on any atom is -0.490 e. The molecule has 0 amide bonds. The van der Waals surface area contributed by atoms with Crippen LogP contribution in [0.1, 0.15) is 32.4 Å². The molecule has 0 fully saturated rings. The number of nitrogens with one attached hydrogen (secondary N) is 1. The van der Waals surface area contributed by atoms with Crippen molar-refractivity contribution < 1.29 is 19.0 Å². The van der Waals surface area contributed by atoms with Crippen molar-refractivity contribution in [1.82, 2.24) is 14.8 Å². The normalized spacial score (nSPS) is 15.8. The van der Waals surface area contributed by atoms with Crippen molar-refractivity contribution in [3.05, 3.63) is 34.6 Å². The maximum absolute atomic E-state index is 12.5. The lowest BCUT2D eigenvalue weighted by Gasteiger charge is -2.29. The second-order valence-electron chi connectivity index (χ2n) is 5.79. The Bertz CT molecular complexity index is 893. The molecule has 1 aliphatic heterocycles. The van der Waals surface area contributed by atoms with Gasteiger partial charge in [0.25, 0.3) is 0 Å². The van der Waals surface area contributed by atoms with Crippen molar-refractivity contribution >= 4 is 29.2 Å². The maximum atomic E-state index is 12.5. The van der Waals surface area contributed by atoms with Gasteiger partial charge in [0.2, 0.25) is 5.95 Å². The summed E-state index contributed by atoms with van der Waals surface area (Å²) in [5, 5.41) is 11.6. The van der Waals surface area contributed by atoms with Crippen LogP contribution in [-0.2, 0) is 9.53 Å². The molecule has 0 aliphatic carbocycles. The van der Waals surface area contributed by atoms with E-state index >= 15 is 0 Å². The lowest BCUT2D eigenvalue weighted by Crippen LogP contribution is -2.27. The molecule has 2 heterocycles. The highest BCUT2D eigenvalue weighted by Gasteiger charge is 2.33. The van der Waals surface area contributed by atoms with E-state index in [0.717, 1.165) is 5.56 Å². The summed E-state index contributed by atoms with van der Waals surface area (Å²) in [7, 11) is 1.35. The van der Waals surface area contributed by atoms with Gasteiger partial charge in [0.05, 0.1) is 37.0 Å². The Labute approximate surface area is 162 Å². The van der Waals surface area contributed by atoms with E-state index in [1.54, 1.807) is 16.7 Å². The van der Waals surface area contributed by atoms with Crippen LogP contribution in [0.2, 0.25) is 5.02 Å². The Morgan fingerprint density at radius 1 is 1.30 bits per heavy atom. The monoisotopic (exact) mass is 392 g/mol. The molecule has 1 aliphatic rings. The summed E-state index contributed by atoms with van der Waals surface area (Å²) in [6.45, 7) is 6.46. The summed E-state index contributed by atoms with van der Waals surface area (Å²) in [6.07, 6.45) is 1.54. The Morgan fingerprint density at radius 3 is 2.70 bits per heavy atom. The summed E-state index contributed by atoms with van der Waals surface area (Å²) >= 11 is 6.45. The first kappa shape index (κ1) is 19.0. The second-order valence-corrected chi connectivity index (χ2v) is 6.20. The molecule has 2 aromatic rings. The summed E-state index contributed by atoms with van der Waals surface area (Å²) in [5.41, 5.74) is 1.84. The molecule has 3 rings (SSSR count). The topological polar surface area (TPSA) is 87.5 Å². The van der Waals surface area contributed by atoms with E-state index in [1.165, 1.54) is 13.4 Å². The van der Waals surface area contributed by atoms with Crippen molar-refractivity contribution in [1.29, 1.82) is 0 Å². The van der Waals surface area contributed by atoms with E-state index in [1.807, 2.05) is 20.8 Å². The SMILES string of the molecule is CCOc1cc(C2Nc3nncn3C(C)=C2C(=O)OC)cc(Cl)c1OCC. The van der Waals surface area contributed by atoms with Gasteiger partial charge < -0.3 is 19.5 Å². The van der Waals surface area contributed by atoms with Crippen LogP contribution in [0.25, 0.3) is 5.70 Å². The summed E-state index contributed by atoms with van der Waals surface area (Å²) in [6, 6.07) is 3.02. The molecule has 0 bridgehead atoms. The van der Waals surface area contributed by atoms with Gasteiger partial charge in [-0.2, -0.15) is 0 Å². The number of carbonyl (C=O) groups is 1. The Hall–Kier alpha value is -2.74. The number of benzene rings is 1. The van der Waals surface area contributed by atoms with Crippen molar-refractivity contribution in [2.45, 2.75) is 26.8 Å². The minimum atomic E-state index is -0.526. The van der Waals surface area contributed by atoms with E-state index in [0.29, 0.717) is 47.0 Å². The Morgan fingerprint density at radius 2 is 2.04 bits per heavy atom. The molecule has 8 nitrogen and oxygen atoms in total. The number of carbonyl (C=O) groups excluding carboxylic acids is 1. The van der Waals surface area contributed by atoms with E-state index in [2.05, 4.69) is 15.5 Å². The third-order valence-corrected chi connectivity index (χ3v) is 4.50. The number of rotatable bonds is 6. The van der Waals surface area contributed by atoms with Crippen LogP contribution >= 0.6 is 11.6 Å². The highest BCUT2D eigenvalue weighted by molar-refractivity contribution is 6.32. The number of esters is 1. The zero-order chi connectivity index (χ0) is 19.6. The smallest absolute Gasteiger partial charge is 0.337 e. The lowest BCUT2D eigenvalue weighted by molar-refractivity contribution is -0.136. The van der Waals surface area contributed by atoms with Crippen LogP contribution in [-0.4, -0.2) is 41.1 Å². The van der Waals surface area contributed by atoms with Crippen molar-refractivity contribution in [2.75, 3.05) is 25.6 Å². The molecule has 1 aromatic heterocycles. The fourth-order valence-corrected chi connectivity index (χ4v) is 3.32. The fourth-order valence-electron chi connectivity index (χ4n) is 3.05. The number of halogens is 1. The maximum Gasteiger partial charge on any atom is 0.337 e. The number of allylic oxidation sites excluding steroid dienone is 1. The average Bonchev–Trinajstić information content (AvgIpc) is 3.13. The van der Waals surface area contributed by atoms with Crippen LogP contribution in [0.5, 0.6) is 11.5 Å². The molecule has 1 N–H and O–H groups in total. The van der Waals surface area contributed by atoms with Gasteiger partial charge in [-0.05, 0) is 38.5 Å². The first-order valence-electron chi connectivity index (χ1n) is 8.56. The van der Waals surface area contributed by atoms with E-state index in [-0.39, 0.29) is 0 Å². The van der Waals surface area contributed by atoms with Crippen LogP contribution in [0.3, 0.4) is 0 Å². The molecule has 144 valence electrons. The van der Waals surface area contributed by atoms with Gasteiger partial charge in [-0.1, -0.05) is 11.6 Å². The van der Waals surface area contributed by atoms with Crippen LogP contribution in [0, 0.1) is 0 Å². The fraction of sp³-hybridized carbons (Fsp3) is 0.389. The van der Waals surface area contributed by atoms with E-state index < -0.39 is 12.0 Å². The minimum absolute atomic E-state index is 0.397. The highest BCUT2D eigenvalue weighted by Crippen LogP contribution is 2.42. The van der Waals surface area contributed by atoms with Gasteiger partial charge >= 0.3 is 5.97 Å². The number of hydrogen-bond acceptors (Lipinski definition) is 7. The third-order valence-electron chi connectivity index (χ3n) is 4.22. The van der Waals surface area contributed by atoms with Gasteiger partial charge in [0.1, 0.15) is 6.33 Å². The predicted octanol–water partition coefficient (Wildman–Crippen LogP) is 3.30. The zero-order valence-corrected chi connectivity index (χ0v) is 16.3. The van der Waals surface area contributed by atoms with E-state index in [9.17, 15) is 4.79 Å². The third kappa shape index (κ3) is 3.44. The van der Waals surface area contributed by atoms with Crippen molar-refractivity contribution in [2.24, 2.45) is 0 Å². The molecule has 1 aromatic carbocycles. The van der Waals surface area contributed by atoms with Gasteiger partial charge in [-0.15, -0.1) is 10.2 Å². The average molecular weight is 393 g/mol. The molecule has 9 heteroatoms. The van der Waals surface area contributed by atoms with E-state index in [4.69, 9.17) is 25.8 Å². The first-order chi connectivity index (χ1) is 13.0. The molecule has 1 unspecified atom stereocenters. The molecular weight excluding hydrogens is 372 g/mol. The molecule has 1 atom stereocenters. The summed E-state index contributed by atoms with van der Waals surface area (Å²) < 4.78 is 18.0. The lowest BCUT2D eigenvalue weighted by atomic mass is 9.95. The summed E-state index contributed by atoms with van der Waals surface area (Å²) in [4.78, 5) is 12.5. The second kappa shape index (κ2) is 7.87. The van der Waals surface area contributed by atoms with Gasteiger partial charge in [0, 0.05) is 5.70 Å². The molecule has 0 radical (unpaired) electrons. The number of ether oxygens (including phenoxy) is 3. The van der Waals surface area contributed by atoms with Crippen LogP contribution in [0.4, 0.5) is 5.95 Å². The van der Waals surface area contributed by atoms with Gasteiger partial charge in [-0.3, -0.25) is 4.57 Å². The van der Waals surface area contributed by atoms with Crippen molar-refractivity contribution in [3.8, 4) is 11.5 Å². The zero-order valence-electron chi connectivity index (χ0n) is 15.6. The predicted molar refractivity (Wildman–Crippen MR) is 101 cm³/mol. The molecule has 0 spiro atoms. The standard InChI is InChI=1S/C18H21ClN4O4/c1-5-26-13-8-11(7-12(19)16(13)27-6-2)15-14(17(24)25-4)10(3)23-9-20-22-18(23)21-15/h7-9,15H,5-6H2,1-4H3,(H,21,22). The summed E-state index contributed by atoms with van der Waals surface area (Å²) in [5.74, 6) is 1.06. The Kier molecular flexibility index (Phi) is 5.55. The Balaban J connectivity index is 2.14. The number of anilines is 1. The molecule has 27 heavy (non-hydrogen) atoms. The van der Waals surface area contributed by atoms with Crippen molar-refractivity contribution in [3.63, 3.8) is 0 Å². The molecular formula is C18H21ClN4O4.